The number of Topliss-reactive ketones (excluding diaryl/α,β-unsaturated/α-hetero) is 1. The highest BCUT2D eigenvalue weighted by molar-refractivity contribution is 6.46. The molecule has 1 fully saturated rings. The number of amides is 1. The Morgan fingerprint density at radius 1 is 1.13 bits per heavy atom. The van der Waals surface area contributed by atoms with Gasteiger partial charge in [0.1, 0.15) is 23.9 Å². The number of ketones is 1. The lowest BCUT2D eigenvalue weighted by molar-refractivity contribution is -0.857. The van der Waals surface area contributed by atoms with Gasteiger partial charge in [0.05, 0.1) is 38.8 Å². The Morgan fingerprint density at radius 3 is 2.35 bits per heavy atom. The first-order valence-corrected chi connectivity index (χ1v) is 10.0. The first-order chi connectivity index (χ1) is 14.8. The van der Waals surface area contributed by atoms with Crippen molar-refractivity contribution in [2.75, 3.05) is 33.8 Å². The lowest BCUT2D eigenvalue weighted by Crippen LogP contribution is -3.06. The Bertz CT molecular complexity index is 994. The summed E-state index contributed by atoms with van der Waals surface area (Å²) in [4.78, 5) is 28.4. The zero-order chi connectivity index (χ0) is 22.5. The van der Waals surface area contributed by atoms with Crippen LogP contribution < -0.4 is 9.64 Å². The molecule has 162 valence electrons. The number of nitrogens with one attached hydrogen (secondary N) is 1. The molecule has 3 rings (SSSR count). The number of likely N-dealkylation sites (N-methyl/N-ethyl adjacent to an activating group) is 1. The molecule has 0 saturated carbocycles. The Balaban J connectivity index is 2.05. The molecule has 1 aliphatic heterocycles. The van der Waals surface area contributed by atoms with Gasteiger partial charge in [0.15, 0.2) is 0 Å². The fourth-order valence-electron chi connectivity index (χ4n) is 3.48. The van der Waals surface area contributed by atoms with Gasteiger partial charge in [-0.1, -0.05) is 24.8 Å². The van der Waals surface area contributed by atoms with Crippen LogP contribution in [-0.2, 0) is 9.59 Å². The van der Waals surface area contributed by atoms with Crippen molar-refractivity contribution in [2.45, 2.75) is 6.04 Å². The molecule has 3 N–H and O–H groups in total. The first-order valence-electron chi connectivity index (χ1n) is 10.0. The van der Waals surface area contributed by atoms with Crippen LogP contribution in [0.15, 0.2) is 66.8 Å². The number of aliphatic hydroxyl groups excluding tert-OH is 1. The number of ether oxygens (including phenoxy) is 1. The lowest BCUT2D eigenvalue weighted by Gasteiger charge is -2.25. The molecular formula is C24H27N2O5+. The van der Waals surface area contributed by atoms with E-state index in [1.165, 1.54) is 17.0 Å². The highest BCUT2D eigenvalue weighted by Gasteiger charge is 2.46. The van der Waals surface area contributed by atoms with Crippen molar-refractivity contribution in [3.63, 3.8) is 0 Å². The smallest absolute Gasteiger partial charge is 0.295 e. The van der Waals surface area contributed by atoms with E-state index < -0.39 is 17.7 Å². The van der Waals surface area contributed by atoms with Gasteiger partial charge in [0.25, 0.3) is 11.7 Å². The molecule has 7 nitrogen and oxygen atoms in total. The maximum atomic E-state index is 12.9. The number of hydrogen-bond donors (Lipinski definition) is 3. The summed E-state index contributed by atoms with van der Waals surface area (Å²) in [6, 6.07) is 12.2. The van der Waals surface area contributed by atoms with E-state index in [2.05, 4.69) is 6.58 Å². The molecule has 0 aromatic heterocycles. The molecule has 7 heteroatoms. The highest BCUT2D eigenvalue weighted by atomic mass is 16.5. The number of likely N-dealkylation sites (tertiary alicyclic amines) is 1. The molecule has 1 atom stereocenters. The molecule has 31 heavy (non-hydrogen) atoms. The number of phenols is 1. The normalized spacial score (nSPS) is 17.9. The van der Waals surface area contributed by atoms with Crippen molar-refractivity contribution in [3.05, 3.63) is 77.9 Å². The van der Waals surface area contributed by atoms with Gasteiger partial charge in [-0.2, -0.15) is 0 Å². The monoisotopic (exact) mass is 423 g/mol. The third-order valence-electron chi connectivity index (χ3n) is 5.10. The van der Waals surface area contributed by atoms with Crippen LogP contribution in [0, 0.1) is 0 Å². The molecule has 0 bridgehead atoms. The molecule has 1 heterocycles. The predicted molar refractivity (Wildman–Crippen MR) is 117 cm³/mol. The maximum absolute atomic E-state index is 12.9. The van der Waals surface area contributed by atoms with Gasteiger partial charge >= 0.3 is 0 Å². The van der Waals surface area contributed by atoms with Crippen LogP contribution in [0.4, 0.5) is 0 Å². The van der Waals surface area contributed by atoms with Crippen molar-refractivity contribution in [2.24, 2.45) is 0 Å². The number of quaternary nitrogens is 1. The summed E-state index contributed by atoms with van der Waals surface area (Å²) in [5.74, 6) is -0.941. The van der Waals surface area contributed by atoms with Crippen LogP contribution in [0.5, 0.6) is 11.5 Å². The zero-order valence-electron chi connectivity index (χ0n) is 17.7. The summed E-state index contributed by atoms with van der Waals surface area (Å²) in [6.45, 7) is 4.94. The lowest BCUT2D eigenvalue weighted by atomic mass is 9.95. The Morgan fingerprint density at radius 2 is 1.77 bits per heavy atom. The molecule has 0 radical (unpaired) electrons. The van der Waals surface area contributed by atoms with Gasteiger partial charge < -0.3 is 24.7 Å². The van der Waals surface area contributed by atoms with E-state index >= 15 is 0 Å². The van der Waals surface area contributed by atoms with Gasteiger partial charge in [0, 0.05) is 5.56 Å². The molecular weight excluding hydrogens is 396 g/mol. The molecule has 2 aromatic carbocycles. The van der Waals surface area contributed by atoms with E-state index in [4.69, 9.17) is 4.74 Å². The largest absolute Gasteiger partial charge is 0.508 e. The van der Waals surface area contributed by atoms with Crippen molar-refractivity contribution in [1.82, 2.24) is 4.90 Å². The van der Waals surface area contributed by atoms with Crippen molar-refractivity contribution < 1.29 is 29.4 Å². The summed E-state index contributed by atoms with van der Waals surface area (Å²) in [5.41, 5.74) is 1.08. The van der Waals surface area contributed by atoms with Crippen LogP contribution in [0.3, 0.4) is 0 Å². The number of nitrogens with zero attached hydrogens (tertiary/aromatic N) is 1. The predicted octanol–water partition coefficient (Wildman–Crippen LogP) is 1.52. The number of carbonyl (C=O) groups excluding carboxylic acids is 2. The Labute approximate surface area is 181 Å². The number of phenolic OH excluding ortho intramolecular Hbond substituents is 1. The molecule has 1 saturated heterocycles. The van der Waals surface area contributed by atoms with Gasteiger partial charge in [-0.05, 0) is 42.0 Å². The number of aliphatic hydroxyl groups is 1. The van der Waals surface area contributed by atoms with Gasteiger partial charge in [-0.3, -0.25) is 9.59 Å². The fraction of sp³-hybridized carbons (Fsp3) is 0.250. The molecule has 1 aliphatic rings. The third kappa shape index (κ3) is 4.78. The molecule has 2 aromatic rings. The molecule has 1 amide bonds. The first kappa shape index (κ1) is 22.1. The van der Waals surface area contributed by atoms with E-state index in [-0.39, 0.29) is 17.1 Å². The maximum Gasteiger partial charge on any atom is 0.295 e. The zero-order valence-corrected chi connectivity index (χ0v) is 17.7. The highest BCUT2D eigenvalue weighted by Crippen LogP contribution is 2.39. The molecule has 0 spiro atoms. The minimum absolute atomic E-state index is 0.0317. The second-order valence-electron chi connectivity index (χ2n) is 7.67. The van der Waals surface area contributed by atoms with Crippen LogP contribution in [0.25, 0.3) is 5.76 Å². The second-order valence-corrected chi connectivity index (χ2v) is 7.67. The summed E-state index contributed by atoms with van der Waals surface area (Å²) >= 11 is 0. The number of rotatable bonds is 8. The van der Waals surface area contributed by atoms with Crippen molar-refractivity contribution >= 4 is 17.4 Å². The molecule has 0 aliphatic carbocycles. The van der Waals surface area contributed by atoms with Crippen LogP contribution in [-0.4, -0.2) is 60.6 Å². The Hall–Kier alpha value is -3.58. The van der Waals surface area contributed by atoms with Crippen molar-refractivity contribution in [1.29, 1.82) is 0 Å². The molecule has 0 unspecified atom stereocenters. The van der Waals surface area contributed by atoms with E-state index in [1.54, 1.807) is 42.5 Å². The SMILES string of the molecule is C=CCOc1ccc(C(O)=C2C(=O)C(=O)N(CC[NH+](C)C)[C@@H]2c2ccc(O)cc2)cc1. The average Bonchev–Trinajstić information content (AvgIpc) is 3.01. The van der Waals surface area contributed by atoms with E-state index in [0.717, 1.165) is 4.90 Å². The fourth-order valence-corrected chi connectivity index (χ4v) is 3.48. The van der Waals surface area contributed by atoms with Gasteiger partial charge in [0.2, 0.25) is 0 Å². The number of hydrogen-bond acceptors (Lipinski definition) is 5. The van der Waals surface area contributed by atoms with Gasteiger partial charge in [-0.25, -0.2) is 0 Å². The van der Waals surface area contributed by atoms with Crippen molar-refractivity contribution in [3.8, 4) is 11.5 Å². The standard InChI is InChI=1S/C24H26N2O5/c1-4-15-31-19-11-7-17(8-12-19)22(28)20-21(16-5-9-18(27)10-6-16)26(14-13-25(2)3)24(30)23(20)29/h4-12,21,27-28H,1,13-15H2,2-3H3/p+1/t21-/m1/s1. The van der Waals surface area contributed by atoms with E-state index in [1.807, 2.05) is 14.1 Å². The minimum atomic E-state index is -0.739. The quantitative estimate of drug-likeness (QED) is 0.259. The summed E-state index contributed by atoms with van der Waals surface area (Å²) in [6.07, 6.45) is 1.63. The number of aromatic hydroxyl groups is 1. The van der Waals surface area contributed by atoms with Crippen LogP contribution in [0.2, 0.25) is 0 Å². The van der Waals surface area contributed by atoms with Gasteiger partial charge in [-0.15, -0.1) is 0 Å². The Kier molecular flexibility index (Phi) is 6.77. The summed E-state index contributed by atoms with van der Waals surface area (Å²) < 4.78 is 5.46. The van der Waals surface area contributed by atoms with E-state index in [0.29, 0.717) is 36.6 Å². The average molecular weight is 423 g/mol. The second kappa shape index (κ2) is 9.49. The topological polar surface area (TPSA) is 91.5 Å². The summed E-state index contributed by atoms with van der Waals surface area (Å²) in [7, 11) is 3.92. The number of benzene rings is 2. The summed E-state index contributed by atoms with van der Waals surface area (Å²) in [5, 5.41) is 20.7. The van der Waals surface area contributed by atoms with E-state index in [9.17, 15) is 19.8 Å². The number of carbonyl (C=O) groups is 2. The van der Waals surface area contributed by atoms with Crippen LogP contribution >= 0.6 is 0 Å². The third-order valence-corrected chi connectivity index (χ3v) is 5.10. The minimum Gasteiger partial charge on any atom is -0.508 e. The van der Waals surface area contributed by atoms with Crippen LogP contribution in [0.1, 0.15) is 17.2 Å².